The molecule has 110 valence electrons. The molecule has 0 bridgehead atoms. The molecule has 4 heteroatoms. The Balaban J connectivity index is 1.69. The van der Waals surface area contributed by atoms with Gasteiger partial charge in [0.15, 0.2) is 0 Å². The molecule has 2 amide bonds. The first-order chi connectivity index (χ1) is 9.66. The largest absolute Gasteiger partial charge is 0.338 e. The fourth-order valence-electron chi connectivity index (χ4n) is 2.52. The average Bonchev–Trinajstić information content (AvgIpc) is 2.48. The number of hydrogen-bond acceptors (Lipinski definition) is 2. The predicted molar refractivity (Wildman–Crippen MR) is 81.4 cm³/mol. The smallest absolute Gasteiger partial charge is 0.317 e. The van der Waals surface area contributed by atoms with Crippen molar-refractivity contribution in [3.8, 4) is 0 Å². The van der Waals surface area contributed by atoms with E-state index < -0.39 is 0 Å². The molecule has 0 saturated carbocycles. The van der Waals surface area contributed by atoms with Crippen molar-refractivity contribution in [3.63, 3.8) is 0 Å². The summed E-state index contributed by atoms with van der Waals surface area (Å²) in [6.07, 6.45) is 2.98. The van der Waals surface area contributed by atoms with Crippen molar-refractivity contribution < 1.29 is 4.79 Å². The van der Waals surface area contributed by atoms with Crippen LogP contribution >= 0.6 is 0 Å². The predicted octanol–water partition coefficient (Wildman–Crippen LogP) is 2.52. The molecule has 2 rings (SSSR count). The minimum Gasteiger partial charge on any atom is -0.338 e. The van der Waals surface area contributed by atoms with Gasteiger partial charge in [0.2, 0.25) is 0 Å². The van der Waals surface area contributed by atoms with Gasteiger partial charge in [-0.3, -0.25) is 0 Å². The van der Waals surface area contributed by atoms with Crippen molar-refractivity contribution in [2.24, 2.45) is 11.7 Å². The van der Waals surface area contributed by atoms with Crippen LogP contribution in [0.25, 0.3) is 0 Å². The second-order valence-corrected chi connectivity index (χ2v) is 5.71. The summed E-state index contributed by atoms with van der Waals surface area (Å²) in [6, 6.07) is 10.0. The lowest BCUT2D eigenvalue weighted by atomic mass is 10.00. The summed E-state index contributed by atoms with van der Waals surface area (Å²) < 4.78 is 0. The topological polar surface area (TPSA) is 58.4 Å². The van der Waals surface area contributed by atoms with Gasteiger partial charge in [-0.15, -0.1) is 0 Å². The van der Waals surface area contributed by atoms with Crippen molar-refractivity contribution in [1.82, 2.24) is 10.2 Å². The third-order valence-electron chi connectivity index (χ3n) is 4.03. The number of nitrogens with zero attached hydrogens (tertiary/aromatic N) is 1. The van der Waals surface area contributed by atoms with Crippen molar-refractivity contribution in [1.29, 1.82) is 0 Å². The summed E-state index contributed by atoms with van der Waals surface area (Å²) in [5.74, 6) is 0.741. The fourth-order valence-corrected chi connectivity index (χ4v) is 2.52. The van der Waals surface area contributed by atoms with Gasteiger partial charge in [0.25, 0.3) is 0 Å². The molecule has 1 aliphatic rings. The summed E-state index contributed by atoms with van der Waals surface area (Å²) in [5, 5.41) is 2.97. The lowest BCUT2D eigenvalue weighted by Gasteiger charge is -2.30. The lowest BCUT2D eigenvalue weighted by molar-refractivity contribution is 0.174. The van der Waals surface area contributed by atoms with E-state index in [0.29, 0.717) is 6.54 Å². The summed E-state index contributed by atoms with van der Waals surface area (Å²) in [7, 11) is 0. The number of amides is 2. The number of benzene rings is 1. The van der Waals surface area contributed by atoms with Gasteiger partial charge in [0, 0.05) is 25.7 Å². The van der Waals surface area contributed by atoms with Gasteiger partial charge in [-0.1, -0.05) is 37.3 Å². The number of likely N-dealkylation sites (tertiary alicyclic amines) is 1. The van der Waals surface area contributed by atoms with Crippen LogP contribution in [-0.2, 0) is 0 Å². The van der Waals surface area contributed by atoms with E-state index >= 15 is 0 Å². The van der Waals surface area contributed by atoms with Crippen molar-refractivity contribution in [2.45, 2.75) is 32.2 Å². The molecule has 1 aromatic carbocycles. The summed E-state index contributed by atoms with van der Waals surface area (Å²) in [4.78, 5) is 13.9. The highest BCUT2D eigenvalue weighted by Gasteiger charge is 2.19. The average molecular weight is 275 g/mol. The molecule has 1 fully saturated rings. The van der Waals surface area contributed by atoms with E-state index in [-0.39, 0.29) is 12.1 Å². The minimum atomic E-state index is -0.0159. The van der Waals surface area contributed by atoms with Crippen LogP contribution < -0.4 is 11.1 Å². The van der Waals surface area contributed by atoms with Crippen molar-refractivity contribution in [3.05, 3.63) is 35.9 Å². The van der Waals surface area contributed by atoms with Crippen LogP contribution in [0.5, 0.6) is 0 Å². The number of piperidine rings is 1. The third kappa shape index (κ3) is 4.23. The minimum absolute atomic E-state index is 0.0159. The standard InChI is InChI=1S/C16H25N3O/c1-13-8-11-19(12-9-13)16(20)18-10-7-15(17)14-5-3-2-4-6-14/h2-6,13,15H,7-12,17H2,1H3,(H,18,20). The number of urea groups is 1. The number of nitrogens with two attached hydrogens (primary N) is 1. The summed E-state index contributed by atoms with van der Waals surface area (Å²) >= 11 is 0. The van der Waals surface area contributed by atoms with Crippen LogP contribution in [0.4, 0.5) is 4.79 Å². The Morgan fingerprint density at radius 1 is 1.35 bits per heavy atom. The van der Waals surface area contributed by atoms with Crippen LogP contribution in [0.15, 0.2) is 30.3 Å². The molecule has 1 atom stereocenters. The number of carbonyl (C=O) groups is 1. The maximum atomic E-state index is 12.0. The maximum Gasteiger partial charge on any atom is 0.317 e. The zero-order valence-corrected chi connectivity index (χ0v) is 12.2. The molecular weight excluding hydrogens is 250 g/mol. The Morgan fingerprint density at radius 2 is 2.00 bits per heavy atom. The molecule has 1 saturated heterocycles. The van der Waals surface area contributed by atoms with Crippen LogP contribution in [0.2, 0.25) is 0 Å². The molecule has 4 nitrogen and oxygen atoms in total. The number of nitrogens with one attached hydrogen (secondary N) is 1. The fraction of sp³-hybridized carbons (Fsp3) is 0.562. The van der Waals surface area contributed by atoms with Gasteiger partial charge in [-0.2, -0.15) is 0 Å². The second kappa shape index (κ2) is 7.29. The van der Waals surface area contributed by atoms with Crippen LogP contribution in [0.3, 0.4) is 0 Å². The lowest BCUT2D eigenvalue weighted by Crippen LogP contribution is -2.44. The number of rotatable bonds is 4. The van der Waals surface area contributed by atoms with Gasteiger partial charge in [-0.05, 0) is 30.7 Å². The molecule has 0 aliphatic carbocycles. The first-order valence-corrected chi connectivity index (χ1v) is 7.50. The summed E-state index contributed by atoms with van der Waals surface area (Å²) in [6.45, 7) is 4.62. The molecule has 20 heavy (non-hydrogen) atoms. The van der Waals surface area contributed by atoms with E-state index in [9.17, 15) is 4.79 Å². The van der Waals surface area contributed by atoms with Gasteiger partial charge >= 0.3 is 6.03 Å². The molecule has 0 radical (unpaired) electrons. The molecule has 1 unspecified atom stereocenters. The van der Waals surface area contributed by atoms with Crippen LogP contribution in [0.1, 0.15) is 37.8 Å². The van der Waals surface area contributed by atoms with Gasteiger partial charge in [0.1, 0.15) is 0 Å². The van der Waals surface area contributed by atoms with E-state index in [1.54, 1.807) is 0 Å². The van der Waals surface area contributed by atoms with Crippen LogP contribution in [-0.4, -0.2) is 30.6 Å². The van der Waals surface area contributed by atoms with Gasteiger partial charge < -0.3 is 16.0 Å². The Bertz CT molecular complexity index is 413. The molecule has 3 N–H and O–H groups in total. The highest BCUT2D eigenvalue weighted by atomic mass is 16.2. The van der Waals surface area contributed by atoms with Gasteiger partial charge in [0.05, 0.1) is 0 Å². The maximum absolute atomic E-state index is 12.0. The highest BCUT2D eigenvalue weighted by molar-refractivity contribution is 5.74. The molecule has 0 spiro atoms. The monoisotopic (exact) mass is 275 g/mol. The first-order valence-electron chi connectivity index (χ1n) is 7.50. The van der Waals surface area contributed by atoms with Crippen LogP contribution in [0, 0.1) is 5.92 Å². The zero-order chi connectivity index (χ0) is 14.4. The number of carbonyl (C=O) groups excluding carboxylic acids is 1. The Hall–Kier alpha value is -1.55. The highest BCUT2D eigenvalue weighted by Crippen LogP contribution is 2.16. The van der Waals surface area contributed by atoms with Crippen molar-refractivity contribution >= 4 is 6.03 Å². The Morgan fingerprint density at radius 3 is 2.65 bits per heavy atom. The Labute approximate surface area is 121 Å². The molecule has 1 aromatic rings. The molecule has 1 heterocycles. The third-order valence-corrected chi connectivity index (χ3v) is 4.03. The van der Waals surface area contributed by atoms with E-state index in [0.717, 1.165) is 43.8 Å². The zero-order valence-electron chi connectivity index (χ0n) is 12.2. The quantitative estimate of drug-likeness (QED) is 0.887. The Kier molecular flexibility index (Phi) is 5.41. The van der Waals surface area contributed by atoms with E-state index in [1.807, 2.05) is 35.2 Å². The van der Waals surface area contributed by atoms with Crippen molar-refractivity contribution in [2.75, 3.05) is 19.6 Å². The van der Waals surface area contributed by atoms with E-state index in [4.69, 9.17) is 5.73 Å². The SMILES string of the molecule is CC1CCN(C(=O)NCCC(N)c2ccccc2)CC1. The second-order valence-electron chi connectivity index (χ2n) is 5.71. The number of hydrogen-bond donors (Lipinski definition) is 2. The molecule has 1 aliphatic heterocycles. The van der Waals surface area contributed by atoms with E-state index in [2.05, 4.69) is 12.2 Å². The summed E-state index contributed by atoms with van der Waals surface area (Å²) in [5.41, 5.74) is 7.23. The molecular formula is C16H25N3O. The normalized spacial score (nSPS) is 17.8. The first kappa shape index (κ1) is 14.9. The molecule has 0 aromatic heterocycles. The van der Waals surface area contributed by atoms with Gasteiger partial charge in [-0.25, -0.2) is 4.79 Å². The van der Waals surface area contributed by atoms with E-state index in [1.165, 1.54) is 0 Å².